The number of hydrogen-bond acceptors (Lipinski definition) is 14. The summed E-state index contributed by atoms with van der Waals surface area (Å²) in [7, 11) is -4.48. The van der Waals surface area contributed by atoms with Crippen LogP contribution in [0.2, 0.25) is 0 Å². The summed E-state index contributed by atoms with van der Waals surface area (Å²) in [4.78, 5) is 54.7. The number of nitriles is 1. The Kier molecular flexibility index (Phi) is 13.2. The van der Waals surface area contributed by atoms with Crippen LogP contribution in [-0.2, 0) is 52.0 Å². The number of hydrogen-bond donors (Lipinski definition) is 2. The molecule has 0 radical (unpaired) electrons. The number of carbonyl (C=O) groups excluding carboxylic acids is 4. The SMILES string of the molecule is CCC(=O)O[C@H]1[C@H](c2ccc3cncnn23)O[C@](C#N)(COP(=O)(N[C@@H](C)C(=O)OC(C)C)N[C@@H](C)C(=O)OC(C)C)[C@H]1OC(=O)CC. The summed E-state index contributed by atoms with van der Waals surface area (Å²) in [5.41, 5.74) is -1.37. The second-order valence-corrected chi connectivity index (χ2v) is 13.5. The topological polar surface area (TPSA) is 219 Å². The number of rotatable bonds is 16. The summed E-state index contributed by atoms with van der Waals surface area (Å²) in [6, 6.07) is 2.81. The van der Waals surface area contributed by atoms with Crippen LogP contribution in [0.15, 0.2) is 24.7 Å². The van der Waals surface area contributed by atoms with Crippen molar-refractivity contribution in [3.63, 3.8) is 0 Å². The molecular formula is C30H43N6O11P. The molecule has 264 valence electrons. The van der Waals surface area contributed by atoms with Gasteiger partial charge in [0.1, 0.15) is 37.2 Å². The highest BCUT2D eigenvalue weighted by Gasteiger charge is 2.62. The third-order valence-electron chi connectivity index (χ3n) is 6.93. The van der Waals surface area contributed by atoms with Crippen molar-refractivity contribution in [2.45, 2.75) is 116 Å². The first-order chi connectivity index (χ1) is 22.6. The number of carbonyl (C=O) groups is 4. The van der Waals surface area contributed by atoms with Gasteiger partial charge >= 0.3 is 31.5 Å². The predicted octanol–water partition coefficient (Wildman–Crippen LogP) is 2.69. The molecule has 1 aliphatic rings. The Labute approximate surface area is 278 Å². The zero-order valence-electron chi connectivity index (χ0n) is 28.2. The fourth-order valence-electron chi connectivity index (χ4n) is 4.68. The molecule has 1 saturated heterocycles. The van der Waals surface area contributed by atoms with Gasteiger partial charge < -0.3 is 28.2 Å². The standard InChI is InChI=1S/C30H43N6O11P/c1-9-23(37)45-26-25(22-12-11-21-13-32-16-33-36(21)22)47-30(14-31,27(26)46-24(38)10-2)15-42-48(41,34-19(7)28(39)43-17(3)4)35-20(8)29(40)44-18(5)6/h11-13,16-20,25-27H,9-10,15H2,1-8H3,(H2,34,35,41)/t19-,20-,25-,26-,27-,30+/m0/s1. The predicted molar refractivity (Wildman–Crippen MR) is 167 cm³/mol. The highest BCUT2D eigenvalue weighted by Crippen LogP contribution is 2.47. The molecular weight excluding hydrogens is 651 g/mol. The molecule has 2 N–H and O–H groups in total. The summed E-state index contributed by atoms with van der Waals surface area (Å²) in [5, 5.41) is 20.0. The van der Waals surface area contributed by atoms with Crippen LogP contribution in [0, 0.1) is 11.3 Å². The van der Waals surface area contributed by atoms with Crippen molar-refractivity contribution in [2.75, 3.05) is 6.61 Å². The molecule has 0 amide bonds. The molecule has 1 fully saturated rings. The van der Waals surface area contributed by atoms with Gasteiger partial charge in [0.15, 0.2) is 12.2 Å². The van der Waals surface area contributed by atoms with Gasteiger partial charge in [-0.3, -0.25) is 23.7 Å². The van der Waals surface area contributed by atoms with Gasteiger partial charge in [-0.25, -0.2) is 19.7 Å². The molecule has 2 aromatic heterocycles. The lowest BCUT2D eigenvalue weighted by atomic mass is 9.95. The molecule has 48 heavy (non-hydrogen) atoms. The van der Waals surface area contributed by atoms with E-state index in [4.69, 9.17) is 28.2 Å². The number of aromatic nitrogens is 3. The van der Waals surface area contributed by atoms with E-state index < -0.39 is 86.4 Å². The van der Waals surface area contributed by atoms with E-state index in [0.717, 1.165) is 0 Å². The molecule has 1 aliphatic heterocycles. The van der Waals surface area contributed by atoms with Crippen LogP contribution < -0.4 is 10.2 Å². The molecule has 0 unspecified atom stereocenters. The summed E-state index contributed by atoms with van der Waals surface area (Å²) >= 11 is 0. The fourth-order valence-corrected chi connectivity index (χ4v) is 6.51. The summed E-state index contributed by atoms with van der Waals surface area (Å²) in [6.45, 7) is 11.5. The van der Waals surface area contributed by atoms with Crippen LogP contribution in [0.25, 0.3) is 5.52 Å². The van der Waals surface area contributed by atoms with Crippen molar-refractivity contribution in [3.05, 3.63) is 30.4 Å². The van der Waals surface area contributed by atoms with E-state index in [1.807, 2.05) is 6.07 Å². The molecule has 3 rings (SSSR count). The van der Waals surface area contributed by atoms with E-state index in [1.165, 1.54) is 37.8 Å². The Bertz CT molecular complexity index is 1530. The van der Waals surface area contributed by atoms with Crippen molar-refractivity contribution in [1.29, 1.82) is 5.26 Å². The van der Waals surface area contributed by atoms with Crippen LogP contribution in [0.3, 0.4) is 0 Å². The lowest BCUT2D eigenvalue weighted by Crippen LogP contribution is -2.50. The number of esters is 4. The summed E-state index contributed by atoms with van der Waals surface area (Å²) in [6.07, 6.45) is -2.56. The Morgan fingerprint density at radius 1 is 0.979 bits per heavy atom. The van der Waals surface area contributed by atoms with Gasteiger partial charge in [0.05, 0.1) is 29.6 Å². The quantitative estimate of drug-likeness (QED) is 0.147. The second kappa shape index (κ2) is 16.4. The smallest absolute Gasteiger partial charge is 0.342 e. The molecule has 6 atom stereocenters. The van der Waals surface area contributed by atoms with Crippen LogP contribution in [0.1, 0.15) is 80.0 Å². The zero-order chi connectivity index (χ0) is 35.8. The minimum absolute atomic E-state index is 0.0530. The minimum atomic E-state index is -4.48. The molecule has 0 spiro atoms. The van der Waals surface area contributed by atoms with Crippen molar-refractivity contribution in [3.8, 4) is 6.07 Å². The van der Waals surface area contributed by atoms with E-state index in [1.54, 1.807) is 46.8 Å². The summed E-state index contributed by atoms with van der Waals surface area (Å²) in [5.74, 6) is -2.98. The lowest BCUT2D eigenvalue weighted by molar-refractivity contribution is -0.169. The van der Waals surface area contributed by atoms with Gasteiger partial charge in [-0.15, -0.1) is 0 Å². The average molecular weight is 695 g/mol. The molecule has 3 heterocycles. The normalized spacial score (nSPS) is 22.2. The van der Waals surface area contributed by atoms with Gasteiger partial charge in [-0.05, 0) is 53.7 Å². The molecule has 17 nitrogen and oxygen atoms in total. The van der Waals surface area contributed by atoms with Crippen LogP contribution in [0.5, 0.6) is 0 Å². The Morgan fingerprint density at radius 3 is 2.06 bits per heavy atom. The third-order valence-corrected chi connectivity index (χ3v) is 8.88. The third kappa shape index (κ3) is 9.36. The highest BCUT2D eigenvalue weighted by atomic mass is 31.2. The van der Waals surface area contributed by atoms with Crippen LogP contribution in [0.4, 0.5) is 0 Å². The lowest BCUT2D eigenvalue weighted by Gasteiger charge is -2.31. The first-order valence-corrected chi connectivity index (χ1v) is 17.2. The maximum atomic E-state index is 14.4. The van der Waals surface area contributed by atoms with Crippen molar-refractivity contribution < 1.29 is 52.0 Å². The van der Waals surface area contributed by atoms with E-state index in [9.17, 15) is 29.0 Å². The minimum Gasteiger partial charge on any atom is -0.462 e. The van der Waals surface area contributed by atoms with Crippen molar-refractivity contribution in [1.82, 2.24) is 24.8 Å². The Hall–Kier alpha value is -3.94. The molecule has 0 saturated carbocycles. The summed E-state index contributed by atoms with van der Waals surface area (Å²) < 4.78 is 49.8. The molecule has 2 aromatic rings. The largest absolute Gasteiger partial charge is 0.462 e. The van der Waals surface area contributed by atoms with Gasteiger partial charge in [-0.2, -0.15) is 10.4 Å². The zero-order valence-corrected chi connectivity index (χ0v) is 29.1. The van der Waals surface area contributed by atoms with Crippen molar-refractivity contribution >= 4 is 37.1 Å². The average Bonchev–Trinajstić information content (AvgIpc) is 3.58. The van der Waals surface area contributed by atoms with E-state index in [0.29, 0.717) is 11.2 Å². The van der Waals surface area contributed by atoms with Gasteiger partial charge in [0.2, 0.25) is 5.60 Å². The first-order valence-electron chi connectivity index (χ1n) is 15.5. The van der Waals surface area contributed by atoms with Crippen LogP contribution in [-0.4, -0.2) is 87.2 Å². The molecule has 0 aromatic carbocycles. The molecule has 0 aliphatic carbocycles. The first kappa shape index (κ1) is 38.5. The Balaban J connectivity index is 2.08. The number of ether oxygens (including phenoxy) is 5. The number of nitrogens with zero attached hydrogens (tertiary/aromatic N) is 4. The van der Waals surface area contributed by atoms with E-state index in [2.05, 4.69) is 20.3 Å². The number of nitrogens with one attached hydrogen (secondary N) is 2. The van der Waals surface area contributed by atoms with E-state index >= 15 is 0 Å². The maximum Gasteiger partial charge on any atom is 0.342 e. The molecule has 0 bridgehead atoms. The molecule has 18 heteroatoms. The van der Waals surface area contributed by atoms with Gasteiger partial charge in [0, 0.05) is 12.8 Å². The second-order valence-electron chi connectivity index (χ2n) is 11.6. The highest BCUT2D eigenvalue weighted by molar-refractivity contribution is 7.54. The van der Waals surface area contributed by atoms with Crippen molar-refractivity contribution in [2.24, 2.45) is 0 Å². The van der Waals surface area contributed by atoms with E-state index in [-0.39, 0.29) is 12.8 Å². The fraction of sp³-hybridized carbons (Fsp3) is 0.633. The Morgan fingerprint density at radius 2 is 1.54 bits per heavy atom. The monoisotopic (exact) mass is 694 g/mol. The van der Waals surface area contributed by atoms with Gasteiger partial charge in [-0.1, -0.05) is 13.8 Å². The van der Waals surface area contributed by atoms with Crippen LogP contribution >= 0.6 is 7.67 Å². The maximum absolute atomic E-state index is 14.4. The van der Waals surface area contributed by atoms with Gasteiger partial charge in [0.25, 0.3) is 0 Å². The number of fused-ring (bicyclic) bond motifs is 1.